The molecule has 0 aliphatic heterocycles. The summed E-state index contributed by atoms with van der Waals surface area (Å²) < 4.78 is 58.4. The molecule has 0 spiro atoms. The zero-order chi connectivity index (χ0) is 19.8. The predicted molar refractivity (Wildman–Crippen MR) is 94.8 cm³/mol. The average Bonchev–Trinajstić information content (AvgIpc) is 2.56. The summed E-state index contributed by atoms with van der Waals surface area (Å²) in [5.74, 6) is -2.29. The summed E-state index contributed by atoms with van der Waals surface area (Å²) in [4.78, 5) is 10.8. The van der Waals surface area contributed by atoms with Gasteiger partial charge in [-0.25, -0.2) is 17.2 Å². The molecule has 1 aliphatic rings. The number of nitrogens with two attached hydrogens (primary N) is 1. The standard InChI is InChI=1S/C18H16ClF2NO4S/c19-11-1-4-14(5-2-11)27(24,25)18(8-13(9-18)26-10-17(22)23)15-7-12(20)3-6-16(15)21/h1-7,13H,8-10H2,(H2,22,23). The summed E-state index contributed by atoms with van der Waals surface area (Å²) in [6.45, 7) is -0.382. The molecule has 144 valence electrons. The Bertz CT molecular complexity index is 973. The van der Waals surface area contributed by atoms with Crippen molar-refractivity contribution in [3.8, 4) is 0 Å². The highest BCUT2D eigenvalue weighted by Gasteiger charge is 2.57. The van der Waals surface area contributed by atoms with Crippen LogP contribution in [0.5, 0.6) is 0 Å². The maximum Gasteiger partial charge on any atom is 0.243 e. The molecule has 2 N–H and O–H groups in total. The second-order valence-electron chi connectivity index (χ2n) is 6.38. The van der Waals surface area contributed by atoms with Gasteiger partial charge in [0.15, 0.2) is 9.84 Å². The Morgan fingerprint density at radius 1 is 1.19 bits per heavy atom. The topological polar surface area (TPSA) is 86.5 Å². The number of rotatable bonds is 6. The summed E-state index contributed by atoms with van der Waals surface area (Å²) in [5, 5.41) is 0.344. The predicted octanol–water partition coefficient (Wildman–Crippen LogP) is 2.95. The van der Waals surface area contributed by atoms with Crippen molar-refractivity contribution in [2.75, 3.05) is 6.61 Å². The van der Waals surface area contributed by atoms with Crippen LogP contribution in [0.3, 0.4) is 0 Å². The Morgan fingerprint density at radius 2 is 1.81 bits per heavy atom. The van der Waals surface area contributed by atoms with E-state index in [2.05, 4.69) is 0 Å². The molecule has 2 aromatic carbocycles. The molecule has 27 heavy (non-hydrogen) atoms. The van der Waals surface area contributed by atoms with E-state index in [1.54, 1.807) is 0 Å². The third-order valence-electron chi connectivity index (χ3n) is 4.63. The van der Waals surface area contributed by atoms with E-state index in [-0.39, 0.29) is 29.9 Å². The van der Waals surface area contributed by atoms with Crippen LogP contribution >= 0.6 is 11.6 Å². The number of ether oxygens (including phenoxy) is 1. The van der Waals surface area contributed by atoms with Gasteiger partial charge >= 0.3 is 0 Å². The molecule has 1 amide bonds. The van der Waals surface area contributed by atoms with Crippen molar-refractivity contribution in [3.63, 3.8) is 0 Å². The zero-order valence-electron chi connectivity index (χ0n) is 14.0. The van der Waals surface area contributed by atoms with Gasteiger partial charge in [-0.1, -0.05) is 11.6 Å². The quantitative estimate of drug-likeness (QED) is 0.785. The van der Waals surface area contributed by atoms with Crippen molar-refractivity contribution in [3.05, 3.63) is 64.7 Å². The minimum atomic E-state index is -4.11. The van der Waals surface area contributed by atoms with Gasteiger partial charge in [-0.05, 0) is 55.3 Å². The van der Waals surface area contributed by atoms with Gasteiger partial charge in [-0.3, -0.25) is 4.79 Å². The monoisotopic (exact) mass is 415 g/mol. The van der Waals surface area contributed by atoms with E-state index < -0.39 is 38.2 Å². The second kappa shape index (κ2) is 7.18. The molecule has 5 nitrogen and oxygen atoms in total. The summed E-state index contributed by atoms with van der Waals surface area (Å²) in [5.41, 5.74) is 4.76. The molecular weight excluding hydrogens is 400 g/mol. The second-order valence-corrected chi connectivity index (χ2v) is 9.08. The first-order valence-electron chi connectivity index (χ1n) is 8.01. The highest BCUT2D eigenvalue weighted by molar-refractivity contribution is 7.92. The van der Waals surface area contributed by atoms with Crippen LogP contribution in [-0.2, 0) is 24.1 Å². The number of benzene rings is 2. The molecule has 0 unspecified atom stereocenters. The molecule has 3 rings (SSSR count). The first-order chi connectivity index (χ1) is 12.7. The maximum absolute atomic E-state index is 14.5. The number of hydrogen-bond donors (Lipinski definition) is 1. The maximum atomic E-state index is 14.5. The fourth-order valence-corrected chi connectivity index (χ4v) is 5.59. The van der Waals surface area contributed by atoms with E-state index in [1.165, 1.54) is 24.3 Å². The highest BCUT2D eigenvalue weighted by atomic mass is 35.5. The molecular formula is C18H16ClF2NO4S. The molecule has 0 atom stereocenters. The number of amides is 1. The van der Waals surface area contributed by atoms with Gasteiger partial charge in [0, 0.05) is 10.6 Å². The van der Waals surface area contributed by atoms with Crippen LogP contribution in [0.2, 0.25) is 5.02 Å². The van der Waals surface area contributed by atoms with Gasteiger partial charge < -0.3 is 10.5 Å². The molecule has 0 heterocycles. The summed E-state index contributed by atoms with van der Waals surface area (Å²) in [6.07, 6.45) is -0.890. The van der Waals surface area contributed by atoms with Crippen LogP contribution < -0.4 is 5.73 Å². The summed E-state index contributed by atoms with van der Waals surface area (Å²) >= 11 is 5.81. The number of primary amides is 1. The van der Waals surface area contributed by atoms with Crippen molar-refractivity contribution in [2.45, 2.75) is 28.6 Å². The van der Waals surface area contributed by atoms with E-state index in [0.717, 1.165) is 18.2 Å². The SMILES string of the molecule is NC(=O)COC1CC(c2cc(F)ccc2F)(S(=O)(=O)c2ccc(Cl)cc2)C1. The smallest absolute Gasteiger partial charge is 0.243 e. The molecule has 0 bridgehead atoms. The number of sulfone groups is 1. The van der Waals surface area contributed by atoms with Crippen molar-refractivity contribution in [1.29, 1.82) is 0 Å². The zero-order valence-corrected chi connectivity index (χ0v) is 15.6. The van der Waals surface area contributed by atoms with Crippen molar-refractivity contribution in [1.82, 2.24) is 0 Å². The number of halogens is 3. The molecule has 2 aromatic rings. The van der Waals surface area contributed by atoms with Gasteiger partial charge in [0.1, 0.15) is 23.0 Å². The first kappa shape index (κ1) is 19.7. The average molecular weight is 416 g/mol. The summed E-state index contributed by atoms with van der Waals surface area (Å²) in [6, 6.07) is 8.13. The van der Waals surface area contributed by atoms with Crippen LogP contribution in [0.1, 0.15) is 18.4 Å². The Morgan fingerprint density at radius 3 is 2.41 bits per heavy atom. The van der Waals surface area contributed by atoms with Gasteiger partial charge in [-0.2, -0.15) is 0 Å². The van der Waals surface area contributed by atoms with Gasteiger partial charge in [0.25, 0.3) is 0 Å². The first-order valence-corrected chi connectivity index (χ1v) is 9.87. The fraction of sp³-hybridized carbons (Fsp3) is 0.278. The van der Waals surface area contributed by atoms with Crippen LogP contribution in [0.4, 0.5) is 8.78 Å². The highest BCUT2D eigenvalue weighted by Crippen LogP contribution is 2.52. The van der Waals surface area contributed by atoms with Crippen LogP contribution in [0.15, 0.2) is 47.4 Å². The molecule has 0 radical (unpaired) electrons. The lowest BCUT2D eigenvalue weighted by Gasteiger charge is -2.46. The Kier molecular flexibility index (Phi) is 5.24. The molecule has 0 saturated heterocycles. The molecule has 1 saturated carbocycles. The van der Waals surface area contributed by atoms with Crippen LogP contribution in [0, 0.1) is 11.6 Å². The Hall–Kier alpha value is -2.03. The minimum Gasteiger partial charge on any atom is -0.368 e. The fourth-order valence-electron chi connectivity index (χ4n) is 3.26. The van der Waals surface area contributed by atoms with Crippen molar-refractivity contribution >= 4 is 27.3 Å². The number of hydrogen-bond acceptors (Lipinski definition) is 4. The molecule has 1 fully saturated rings. The van der Waals surface area contributed by atoms with Crippen molar-refractivity contribution < 1.29 is 26.7 Å². The summed E-state index contributed by atoms with van der Waals surface area (Å²) in [7, 11) is -4.11. The normalized spacial score (nSPS) is 22.3. The third-order valence-corrected chi connectivity index (χ3v) is 7.36. The number of carbonyl (C=O) groups is 1. The molecule has 1 aliphatic carbocycles. The lowest BCUT2D eigenvalue weighted by atomic mass is 9.76. The van der Waals surface area contributed by atoms with Gasteiger partial charge in [0.05, 0.1) is 11.0 Å². The molecule has 0 aromatic heterocycles. The van der Waals surface area contributed by atoms with Gasteiger partial charge in [0.2, 0.25) is 5.91 Å². The molecule has 9 heteroatoms. The number of carbonyl (C=O) groups excluding carboxylic acids is 1. The van der Waals surface area contributed by atoms with Gasteiger partial charge in [-0.15, -0.1) is 0 Å². The van der Waals surface area contributed by atoms with E-state index in [0.29, 0.717) is 5.02 Å². The van der Waals surface area contributed by atoms with E-state index in [9.17, 15) is 22.0 Å². The largest absolute Gasteiger partial charge is 0.368 e. The lowest BCUT2D eigenvalue weighted by Crippen LogP contribution is -2.52. The Balaban J connectivity index is 2.05. The van der Waals surface area contributed by atoms with E-state index in [1.807, 2.05) is 0 Å². The Labute approximate surface area is 160 Å². The van der Waals surface area contributed by atoms with E-state index in [4.69, 9.17) is 22.1 Å². The third kappa shape index (κ3) is 3.56. The van der Waals surface area contributed by atoms with Crippen LogP contribution in [0.25, 0.3) is 0 Å². The minimum absolute atomic E-state index is 0.0658. The van der Waals surface area contributed by atoms with Crippen molar-refractivity contribution in [2.24, 2.45) is 5.73 Å². The van der Waals surface area contributed by atoms with E-state index >= 15 is 0 Å². The lowest BCUT2D eigenvalue weighted by molar-refractivity contribution is -0.127. The van der Waals surface area contributed by atoms with Crippen LogP contribution in [-0.4, -0.2) is 27.0 Å².